The summed E-state index contributed by atoms with van der Waals surface area (Å²) in [5.74, 6) is 0. The second-order valence-electron chi connectivity index (χ2n) is 13.5. The quantitative estimate of drug-likeness (QED) is 0.115. The lowest BCUT2D eigenvalue weighted by molar-refractivity contribution is 0.656. The Bertz CT molecular complexity index is 2330. The molecule has 1 nitrogen and oxygen atoms in total. The smallest absolute Gasteiger partial charge is 0.135 e. The molecule has 1 aromatic heterocycles. The Hall–Kier alpha value is -3.76. The van der Waals surface area contributed by atoms with E-state index in [2.05, 4.69) is 142 Å². The monoisotopic (exact) mass is 604 g/mol. The van der Waals surface area contributed by atoms with Gasteiger partial charge in [-0.3, -0.25) is 0 Å². The van der Waals surface area contributed by atoms with Gasteiger partial charge in [0.2, 0.25) is 0 Å². The summed E-state index contributed by atoms with van der Waals surface area (Å²) in [6.07, 6.45) is 0. The minimum absolute atomic E-state index is 0.802. The predicted octanol–water partition coefficient (Wildman–Crippen LogP) is 6.74. The van der Waals surface area contributed by atoms with E-state index in [1.807, 2.05) is 0 Å². The highest BCUT2D eigenvalue weighted by atomic mass is 31.1. The predicted molar refractivity (Wildman–Crippen MR) is 194 cm³/mol. The van der Waals surface area contributed by atoms with E-state index < -0.39 is 24.1 Å². The van der Waals surface area contributed by atoms with Crippen LogP contribution in [0, 0.1) is 6.92 Å². The van der Waals surface area contributed by atoms with Gasteiger partial charge in [-0.05, 0) is 83.1 Å². The fourth-order valence-corrected chi connectivity index (χ4v) is 21.2. The molecule has 2 aliphatic heterocycles. The van der Waals surface area contributed by atoms with Gasteiger partial charge in [-0.1, -0.05) is 129 Å². The summed E-state index contributed by atoms with van der Waals surface area (Å²) in [7, 11) is -4.77. The van der Waals surface area contributed by atoms with E-state index in [1.54, 1.807) is 20.9 Å². The third-order valence-electron chi connectivity index (χ3n) is 10.2. The van der Waals surface area contributed by atoms with Gasteiger partial charge in [0.1, 0.15) is 27.2 Å². The molecule has 6 aromatic carbocycles. The van der Waals surface area contributed by atoms with Crippen LogP contribution < -0.4 is 36.9 Å². The van der Waals surface area contributed by atoms with Gasteiger partial charge >= 0.3 is 0 Å². The Kier molecular flexibility index (Phi) is 5.18. The average Bonchev–Trinajstić information content (AvgIpc) is 3.41. The molecular weight excluding hydrogens is 572 g/mol. The zero-order valence-corrected chi connectivity index (χ0v) is 28.1. The van der Waals surface area contributed by atoms with Crippen molar-refractivity contribution in [3.8, 4) is 11.1 Å². The molecule has 0 saturated carbocycles. The third kappa shape index (κ3) is 3.36. The van der Waals surface area contributed by atoms with Crippen LogP contribution in [0.3, 0.4) is 0 Å². The van der Waals surface area contributed by atoms with Gasteiger partial charge in [-0.2, -0.15) is 0 Å². The van der Waals surface area contributed by atoms with Gasteiger partial charge in [0.15, 0.2) is 0 Å². The molecular formula is C39H33OPSi2. The molecule has 0 bridgehead atoms. The standard InChI is InChI=1S/C39H33OPSi2/c1-24-21-35-37-36(22-24)43(4,5)38-31-13-8-9-16-32(31)40-39(38)41(37)33-23-26(18-20-34(33)42(35,2)3)28-14-10-15-29-27-12-7-6-11-25(27)17-19-30(28)29/h6-23H,1-5H3. The molecule has 9 rings (SSSR count). The van der Waals surface area contributed by atoms with Crippen molar-refractivity contribution in [2.24, 2.45) is 0 Å². The van der Waals surface area contributed by atoms with Crippen molar-refractivity contribution >= 4 is 93.4 Å². The zero-order valence-electron chi connectivity index (χ0n) is 25.2. The molecule has 0 aliphatic carbocycles. The summed E-state index contributed by atoms with van der Waals surface area (Å²) in [6.45, 7) is 12.5. The van der Waals surface area contributed by atoms with Crippen molar-refractivity contribution in [2.75, 3.05) is 0 Å². The highest BCUT2D eigenvalue weighted by molar-refractivity contribution is 7.83. The molecule has 7 aromatic rings. The van der Waals surface area contributed by atoms with Crippen LogP contribution in [-0.2, 0) is 0 Å². The normalized spacial score (nSPS) is 17.6. The van der Waals surface area contributed by atoms with Crippen LogP contribution in [0.2, 0.25) is 26.2 Å². The Morgan fingerprint density at radius 1 is 0.581 bits per heavy atom. The second-order valence-corrected chi connectivity index (χ2v) is 24.1. The summed E-state index contributed by atoms with van der Waals surface area (Å²) in [6, 6.07) is 41.4. The molecule has 0 saturated heterocycles. The Labute approximate surface area is 256 Å². The van der Waals surface area contributed by atoms with Crippen LogP contribution in [0.15, 0.2) is 114 Å². The van der Waals surface area contributed by atoms with E-state index in [0.29, 0.717) is 0 Å². The molecule has 0 radical (unpaired) electrons. The van der Waals surface area contributed by atoms with Crippen LogP contribution in [0.4, 0.5) is 0 Å². The number of benzene rings is 6. The van der Waals surface area contributed by atoms with Crippen molar-refractivity contribution in [2.45, 2.75) is 33.1 Å². The highest BCUT2D eigenvalue weighted by Gasteiger charge is 2.50. The van der Waals surface area contributed by atoms with Crippen molar-refractivity contribution in [3.05, 3.63) is 115 Å². The molecule has 0 N–H and O–H groups in total. The summed E-state index contributed by atoms with van der Waals surface area (Å²) < 4.78 is 6.97. The van der Waals surface area contributed by atoms with E-state index in [1.165, 1.54) is 59.6 Å². The Balaban J connectivity index is 1.36. The van der Waals surface area contributed by atoms with Crippen molar-refractivity contribution < 1.29 is 4.42 Å². The van der Waals surface area contributed by atoms with Gasteiger partial charge < -0.3 is 4.42 Å². The van der Waals surface area contributed by atoms with Crippen molar-refractivity contribution in [1.29, 1.82) is 0 Å². The molecule has 208 valence electrons. The topological polar surface area (TPSA) is 13.1 Å². The number of furan rings is 1. The maximum absolute atomic E-state index is 6.97. The lowest BCUT2D eigenvalue weighted by Gasteiger charge is -2.44. The number of hydrogen-bond donors (Lipinski definition) is 0. The van der Waals surface area contributed by atoms with Crippen LogP contribution in [0.5, 0.6) is 0 Å². The summed E-state index contributed by atoms with van der Waals surface area (Å²) in [5, 5.41) is 16.1. The summed E-state index contributed by atoms with van der Waals surface area (Å²) >= 11 is 0. The first kappa shape index (κ1) is 25.7. The van der Waals surface area contributed by atoms with E-state index in [-0.39, 0.29) is 0 Å². The molecule has 0 fully saturated rings. The van der Waals surface area contributed by atoms with Gasteiger partial charge in [-0.15, -0.1) is 0 Å². The minimum atomic E-state index is -2.01. The Morgan fingerprint density at radius 3 is 2.14 bits per heavy atom. The molecule has 0 amide bonds. The van der Waals surface area contributed by atoms with Crippen molar-refractivity contribution in [1.82, 2.24) is 0 Å². The second kappa shape index (κ2) is 8.66. The van der Waals surface area contributed by atoms with Crippen LogP contribution in [0.1, 0.15) is 5.56 Å². The van der Waals surface area contributed by atoms with E-state index in [9.17, 15) is 0 Å². The maximum Gasteiger partial charge on any atom is 0.135 e. The number of para-hydroxylation sites is 1. The molecule has 1 atom stereocenters. The first-order chi connectivity index (χ1) is 20.7. The van der Waals surface area contributed by atoms with E-state index in [4.69, 9.17) is 4.42 Å². The minimum Gasteiger partial charge on any atom is -0.456 e. The van der Waals surface area contributed by atoms with Crippen LogP contribution in [-0.4, -0.2) is 16.1 Å². The first-order valence-electron chi connectivity index (χ1n) is 15.3. The van der Waals surface area contributed by atoms with Gasteiger partial charge in [-0.25, -0.2) is 0 Å². The van der Waals surface area contributed by atoms with Gasteiger partial charge in [0.05, 0.1) is 0 Å². The lowest BCUT2D eigenvalue weighted by Crippen LogP contribution is -2.75. The lowest BCUT2D eigenvalue weighted by atomic mass is 9.95. The average molecular weight is 605 g/mol. The van der Waals surface area contributed by atoms with E-state index >= 15 is 0 Å². The summed E-state index contributed by atoms with van der Waals surface area (Å²) in [4.78, 5) is 0. The number of hydrogen-bond acceptors (Lipinski definition) is 1. The van der Waals surface area contributed by atoms with Crippen LogP contribution in [0.25, 0.3) is 43.6 Å². The maximum atomic E-state index is 6.97. The largest absolute Gasteiger partial charge is 0.456 e. The van der Waals surface area contributed by atoms with E-state index in [0.717, 1.165) is 5.58 Å². The molecule has 3 heterocycles. The zero-order chi connectivity index (χ0) is 29.2. The fraction of sp³-hybridized carbons (Fsp3) is 0.128. The molecule has 43 heavy (non-hydrogen) atoms. The molecule has 0 spiro atoms. The fourth-order valence-electron chi connectivity index (χ4n) is 8.08. The SMILES string of the molecule is Cc1cc2c3c(c1)[Si](C)(C)c1c(oc4ccccc14)P3c1cc(-c3cccc4c3ccc3ccccc34)ccc1[Si]2(C)C. The third-order valence-corrected chi connectivity index (χ3v) is 20.6. The number of rotatable bonds is 1. The van der Waals surface area contributed by atoms with Crippen LogP contribution >= 0.6 is 7.92 Å². The molecule has 2 aliphatic rings. The summed E-state index contributed by atoms with van der Waals surface area (Å²) in [5.41, 5.74) is 6.33. The van der Waals surface area contributed by atoms with Gasteiger partial charge in [0, 0.05) is 13.3 Å². The number of fused-ring (bicyclic) bond motifs is 9. The molecule has 1 unspecified atom stereocenters. The van der Waals surface area contributed by atoms with Gasteiger partial charge in [0.25, 0.3) is 0 Å². The Morgan fingerprint density at radius 2 is 1.30 bits per heavy atom. The first-order valence-corrected chi connectivity index (χ1v) is 22.6. The highest BCUT2D eigenvalue weighted by Crippen LogP contribution is 2.42. The van der Waals surface area contributed by atoms with Crippen molar-refractivity contribution in [3.63, 3.8) is 0 Å². The molecule has 4 heteroatoms. The number of aryl methyl sites for hydroxylation is 1.